The van der Waals surface area contributed by atoms with E-state index in [9.17, 15) is 19.0 Å². The van der Waals surface area contributed by atoms with Gasteiger partial charge in [-0.1, -0.05) is 346 Å². The number of ether oxygens (including phenoxy) is 2. The lowest BCUT2D eigenvalue weighted by Gasteiger charge is -2.24. The van der Waals surface area contributed by atoms with Gasteiger partial charge in [0.2, 0.25) is 0 Å². The standard InChI is InChI=1S/C74H142NO8P/c1-6-8-10-12-14-16-18-20-22-24-26-27-28-29-30-31-32-33-34-35-36-37-38-39-40-41-42-43-44-45-46-47-49-51-53-55-57-59-61-63-65-67-74(77)83-72(71-82-84(78,79)81-69-68-75(3,4)5)70-80-73(76)66-64-62-60-58-56-54-52-50-48-25-23-21-19-17-15-13-11-9-7-2/h18,20,24,26,28-29,72H,6-17,19,21-23,25,27,30-71H2,1-5H3/p+1/b20-18-,26-24-,29-28-. The number of phosphoric acid groups is 1. The van der Waals surface area contributed by atoms with Crippen molar-refractivity contribution in [3.05, 3.63) is 36.5 Å². The van der Waals surface area contributed by atoms with E-state index in [1.807, 2.05) is 21.1 Å². The predicted molar refractivity (Wildman–Crippen MR) is 363 cm³/mol. The maximum absolute atomic E-state index is 12.9. The number of carbonyl (C=O) groups is 2. The maximum Gasteiger partial charge on any atom is 0.472 e. The van der Waals surface area contributed by atoms with Crippen LogP contribution in [0.25, 0.3) is 0 Å². The summed E-state index contributed by atoms with van der Waals surface area (Å²) in [5.41, 5.74) is 0. The van der Waals surface area contributed by atoms with Crippen molar-refractivity contribution in [1.29, 1.82) is 0 Å². The molecule has 0 aromatic rings. The fraction of sp³-hybridized carbons (Fsp3) is 0.892. The minimum absolute atomic E-state index is 0.0358. The Bertz CT molecular complexity index is 1510. The Hall–Kier alpha value is -1.77. The summed E-state index contributed by atoms with van der Waals surface area (Å²) in [5, 5.41) is 0. The van der Waals surface area contributed by atoms with Gasteiger partial charge in [0.1, 0.15) is 19.8 Å². The molecule has 0 aliphatic carbocycles. The van der Waals surface area contributed by atoms with Crippen molar-refractivity contribution in [2.45, 2.75) is 380 Å². The molecule has 0 saturated heterocycles. The van der Waals surface area contributed by atoms with Crippen LogP contribution < -0.4 is 0 Å². The van der Waals surface area contributed by atoms with Gasteiger partial charge in [0.25, 0.3) is 0 Å². The first-order valence-corrected chi connectivity index (χ1v) is 38.2. The number of likely N-dealkylation sites (N-methyl/N-ethyl adjacent to an activating group) is 1. The highest BCUT2D eigenvalue weighted by atomic mass is 31.2. The topological polar surface area (TPSA) is 108 Å². The van der Waals surface area contributed by atoms with Gasteiger partial charge >= 0.3 is 19.8 Å². The molecule has 0 heterocycles. The van der Waals surface area contributed by atoms with Crippen molar-refractivity contribution < 1.29 is 42.1 Å². The normalized spacial score (nSPS) is 13.3. The van der Waals surface area contributed by atoms with Crippen molar-refractivity contribution in [3.8, 4) is 0 Å². The minimum Gasteiger partial charge on any atom is -0.462 e. The van der Waals surface area contributed by atoms with E-state index in [-0.39, 0.29) is 25.6 Å². The van der Waals surface area contributed by atoms with E-state index in [0.717, 1.165) is 51.4 Å². The first-order valence-electron chi connectivity index (χ1n) is 36.7. The number of nitrogens with zero attached hydrogens (tertiary/aromatic N) is 1. The van der Waals surface area contributed by atoms with Crippen LogP contribution in [0.3, 0.4) is 0 Å². The van der Waals surface area contributed by atoms with Crippen LogP contribution in [0.15, 0.2) is 36.5 Å². The highest BCUT2D eigenvalue weighted by Gasteiger charge is 2.27. The third-order valence-electron chi connectivity index (χ3n) is 16.7. The third-order valence-corrected chi connectivity index (χ3v) is 17.7. The molecule has 2 unspecified atom stereocenters. The average molecular weight is 1210 g/mol. The zero-order chi connectivity index (χ0) is 61.2. The minimum atomic E-state index is -4.39. The van der Waals surface area contributed by atoms with Crippen molar-refractivity contribution >= 4 is 19.8 Å². The largest absolute Gasteiger partial charge is 0.472 e. The summed E-state index contributed by atoms with van der Waals surface area (Å²) in [7, 11) is 1.50. The Kier molecular flexibility index (Phi) is 64.3. The predicted octanol–water partition coefficient (Wildman–Crippen LogP) is 23.8. The van der Waals surface area contributed by atoms with Crippen LogP contribution >= 0.6 is 7.82 Å². The Morgan fingerprint density at radius 2 is 0.643 bits per heavy atom. The summed E-state index contributed by atoms with van der Waals surface area (Å²) in [5.74, 6) is -0.773. The summed E-state index contributed by atoms with van der Waals surface area (Å²) < 4.78 is 34.7. The van der Waals surface area contributed by atoms with Crippen LogP contribution in [0.2, 0.25) is 0 Å². The zero-order valence-corrected chi connectivity index (χ0v) is 57.6. The molecule has 0 spiro atoms. The van der Waals surface area contributed by atoms with E-state index in [1.54, 1.807) is 0 Å². The molecule has 10 heteroatoms. The third kappa shape index (κ3) is 69.3. The van der Waals surface area contributed by atoms with Crippen LogP contribution in [0, 0.1) is 0 Å². The van der Waals surface area contributed by atoms with E-state index < -0.39 is 26.5 Å². The van der Waals surface area contributed by atoms with Crippen LogP contribution in [0.4, 0.5) is 0 Å². The molecule has 0 aliphatic rings. The van der Waals surface area contributed by atoms with Gasteiger partial charge in [-0.15, -0.1) is 0 Å². The molecule has 0 amide bonds. The lowest BCUT2D eigenvalue weighted by atomic mass is 10.0. The quantitative estimate of drug-likeness (QED) is 0.0211. The Balaban J connectivity index is 3.87. The van der Waals surface area contributed by atoms with Gasteiger partial charge in [0, 0.05) is 12.8 Å². The smallest absolute Gasteiger partial charge is 0.462 e. The fourth-order valence-corrected chi connectivity index (χ4v) is 11.8. The molecule has 9 nitrogen and oxygen atoms in total. The Labute approximate surface area is 522 Å². The first kappa shape index (κ1) is 82.2. The summed E-state index contributed by atoms with van der Waals surface area (Å²) in [6, 6.07) is 0. The molecular weight excluding hydrogens is 1060 g/mol. The zero-order valence-electron chi connectivity index (χ0n) is 56.7. The molecule has 0 aromatic carbocycles. The summed E-state index contributed by atoms with van der Waals surface area (Å²) in [4.78, 5) is 35.8. The number of esters is 2. The summed E-state index contributed by atoms with van der Waals surface area (Å²) in [6.45, 7) is 4.49. The van der Waals surface area contributed by atoms with Gasteiger partial charge in [-0.25, -0.2) is 4.57 Å². The molecule has 0 aromatic heterocycles. The van der Waals surface area contributed by atoms with Crippen LogP contribution in [-0.2, 0) is 32.7 Å². The van der Waals surface area contributed by atoms with Crippen molar-refractivity contribution in [2.24, 2.45) is 0 Å². The molecule has 0 saturated carbocycles. The molecule has 0 bridgehead atoms. The SMILES string of the molecule is CCCCCCC/C=C\C/C=C\C/C=C\CCCCCCCCCCCCCCCCCCCCCCCCCCCCC(=O)OC(COC(=O)CCCCCCCCCCCCCCCCCCCCC)COP(=O)(O)OCC[N+](C)(C)C. The van der Waals surface area contributed by atoms with Crippen molar-refractivity contribution in [3.63, 3.8) is 0 Å². The van der Waals surface area contributed by atoms with Crippen LogP contribution in [0.1, 0.15) is 373 Å². The van der Waals surface area contributed by atoms with Gasteiger partial charge in [0.05, 0.1) is 27.7 Å². The summed E-state index contributed by atoms with van der Waals surface area (Å²) in [6.07, 6.45) is 84.2. The number of quaternary nitrogens is 1. The molecule has 0 radical (unpaired) electrons. The highest BCUT2D eigenvalue weighted by Crippen LogP contribution is 2.43. The molecule has 496 valence electrons. The van der Waals surface area contributed by atoms with E-state index in [4.69, 9.17) is 18.5 Å². The molecule has 0 aliphatic heterocycles. The lowest BCUT2D eigenvalue weighted by Crippen LogP contribution is -2.37. The van der Waals surface area contributed by atoms with E-state index >= 15 is 0 Å². The number of carbonyl (C=O) groups excluding carboxylic acids is 2. The van der Waals surface area contributed by atoms with Crippen molar-refractivity contribution in [1.82, 2.24) is 0 Å². The molecule has 0 rings (SSSR count). The second-order valence-corrected chi connectivity index (χ2v) is 27.8. The van der Waals surface area contributed by atoms with Gasteiger partial charge in [-0.2, -0.15) is 0 Å². The van der Waals surface area contributed by atoms with Gasteiger partial charge < -0.3 is 18.9 Å². The van der Waals surface area contributed by atoms with Crippen LogP contribution in [0.5, 0.6) is 0 Å². The van der Waals surface area contributed by atoms with Crippen LogP contribution in [-0.4, -0.2) is 74.9 Å². The van der Waals surface area contributed by atoms with E-state index in [1.165, 1.54) is 295 Å². The number of hydrogen-bond acceptors (Lipinski definition) is 7. The van der Waals surface area contributed by atoms with Gasteiger partial charge in [-0.3, -0.25) is 18.6 Å². The van der Waals surface area contributed by atoms with Crippen molar-refractivity contribution in [2.75, 3.05) is 47.5 Å². The molecule has 0 fully saturated rings. The fourth-order valence-electron chi connectivity index (χ4n) is 11.0. The number of rotatable bonds is 69. The van der Waals surface area contributed by atoms with E-state index in [2.05, 4.69) is 50.3 Å². The number of phosphoric ester groups is 1. The highest BCUT2D eigenvalue weighted by molar-refractivity contribution is 7.47. The molecular formula is C74H143NO8P+. The number of hydrogen-bond donors (Lipinski definition) is 1. The number of unbranched alkanes of at least 4 members (excludes halogenated alkanes) is 49. The van der Waals surface area contributed by atoms with Gasteiger partial charge in [0.15, 0.2) is 6.10 Å². The molecule has 2 atom stereocenters. The lowest BCUT2D eigenvalue weighted by molar-refractivity contribution is -0.870. The molecule has 1 N–H and O–H groups in total. The monoisotopic (exact) mass is 1210 g/mol. The molecule has 84 heavy (non-hydrogen) atoms. The van der Waals surface area contributed by atoms with E-state index in [0.29, 0.717) is 17.4 Å². The second-order valence-electron chi connectivity index (χ2n) is 26.3. The average Bonchev–Trinajstić information content (AvgIpc) is 3.61. The Morgan fingerprint density at radius 3 is 0.952 bits per heavy atom. The van der Waals surface area contributed by atoms with Gasteiger partial charge in [-0.05, 0) is 51.4 Å². The second kappa shape index (κ2) is 65.7. The maximum atomic E-state index is 12.9. The Morgan fingerprint density at radius 1 is 0.369 bits per heavy atom. The first-order chi connectivity index (χ1) is 41.0. The number of allylic oxidation sites excluding steroid dienone is 6. The summed E-state index contributed by atoms with van der Waals surface area (Å²) >= 11 is 0.